The van der Waals surface area contributed by atoms with E-state index in [0.29, 0.717) is 5.82 Å². The largest absolute Gasteiger partial charge is 0.378 e. The Balaban J connectivity index is 1.39. The standard InChI is InChI=1S/C21H26N4O2/c1-21(2)13-18(16-5-3-4-6-17(16)21)23-20(26)24-19-8-7-15(14-22-19)25-9-11-27-12-10-25/h3-8,14,18H,9-13H2,1-2H3,(H2,22,23,24,26). The molecule has 27 heavy (non-hydrogen) atoms. The van der Waals surface area contributed by atoms with Crippen LogP contribution < -0.4 is 15.5 Å². The van der Waals surface area contributed by atoms with Gasteiger partial charge in [0.2, 0.25) is 0 Å². The molecule has 1 aliphatic heterocycles. The van der Waals surface area contributed by atoms with Crippen LogP contribution >= 0.6 is 0 Å². The first kappa shape index (κ1) is 17.8. The van der Waals surface area contributed by atoms with Crippen LogP contribution in [0, 0.1) is 0 Å². The number of morpholine rings is 1. The fourth-order valence-corrected chi connectivity index (χ4v) is 4.06. The molecule has 2 amide bonds. The lowest BCUT2D eigenvalue weighted by molar-refractivity contribution is 0.122. The number of nitrogens with one attached hydrogen (secondary N) is 2. The normalized spacial score (nSPS) is 20.8. The monoisotopic (exact) mass is 366 g/mol. The molecule has 1 aromatic carbocycles. The van der Waals surface area contributed by atoms with Crippen LogP contribution in [0.15, 0.2) is 42.6 Å². The number of amides is 2. The molecular formula is C21H26N4O2. The molecular weight excluding hydrogens is 340 g/mol. The third-order valence-electron chi connectivity index (χ3n) is 5.45. The van der Waals surface area contributed by atoms with Crippen molar-refractivity contribution in [3.63, 3.8) is 0 Å². The molecule has 2 heterocycles. The van der Waals surface area contributed by atoms with Gasteiger partial charge in [0, 0.05) is 13.1 Å². The van der Waals surface area contributed by atoms with Crippen molar-refractivity contribution in [1.29, 1.82) is 0 Å². The molecule has 1 aromatic heterocycles. The summed E-state index contributed by atoms with van der Waals surface area (Å²) in [5, 5.41) is 5.95. The van der Waals surface area contributed by atoms with E-state index in [0.717, 1.165) is 38.4 Å². The van der Waals surface area contributed by atoms with E-state index in [1.165, 1.54) is 11.1 Å². The molecule has 6 nitrogen and oxygen atoms in total. The third kappa shape index (κ3) is 3.76. The molecule has 1 aliphatic carbocycles. The van der Waals surface area contributed by atoms with Gasteiger partial charge in [-0.05, 0) is 35.1 Å². The number of hydrogen-bond acceptors (Lipinski definition) is 4. The molecule has 2 aliphatic rings. The van der Waals surface area contributed by atoms with Crippen molar-refractivity contribution in [2.45, 2.75) is 31.7 Å². The van der Waals surface area contributed by atoms with Gasteiger partial charge in [-0.3, -0.25) is 5.32 Å². The fraction of sp³-hybridized carbons (Fsp3) is 0.429. The summed E-state index contributed by atoms with van der Waals surface area (Å²) in [5.41, 5.74) is 3.62. The van der Waals surface area contributed by atoms with E-state index in [9.17, 15) is 4.79 Å². The first-order valence-corrected chi connectivity index (χ1v) is 9.49. The minimum Gasteiger partial charge on any atom is -0.378 e. The van der Waals surface area contributed by atoms with Gasteiger partial charge in [-0.25, -0.2) is 9.78 Å². The van der Waals surface area contributed by atoms with Crippen LogP contribution in [0.2, 0.25) is 0 Å². The average Bonchev–Trinajstić information content (AvgIpc) is 2.93. The van der Waals surface area contributed by atoms with Gasteiger partial charge in [0.25, 0.3) is 0 Å². The topological polar surface area (TPSA) is 66.5 Å². The number of hydrogen-bond donors (Lipinski definition) is 2. The molecule has 2 N–H and O–H groups in total. The van der Waals surface area contributed by atoms with E-state index in [1.807, 2.05) is 18.2 Å². The molecule has 1 fully saturated rings. The minimum absolute atomic E-state index is 0.0174. The van der Waals surface area contributed by atoms with Gasteiger partial charge < -0.3 is 15.0 Å². The summed E-state index contributed by atoms with van der Waals surface area (Å²) in [7, 11) is 0. The molecule has 0 saturated carbocycles. The van der Waals surface area contributed by atoms with E-state index in [1.54, 1.807) is 6.20 Å². The van der Waals surface area contributed by atoms with Gasteiger partial charge in [0.05, 0.1) is 31.1 Å². The maximum atomic E-state index is 12.5. The number of pyridine rings is 1. The third-order valence-corrected chi connectivity index (χ3v) is 5.45. The minimum atomic E-state index is -0.223. The molecule has 1 unspecified atom stereocenters. The Morgan fingerprint density at radius 1 is 1.19 bits per heavy atom. The first-order valence-electron chi connectivity index (χ1n) is 9.49. The zero-order chi connectivity index (χ0) is 18.9. The highest BCUT2D eigenvalue weighted by Crippen LogP contribution is 2.44. The Labute approximate surface area is 159 Å². The summed E-state index contributed by atoms with van der Waals surface area (Å²) in [6.45, 7) is 7.65. The highest BCUT2D eigenvalue weighted by atomic mass is 16.5. The number of rotatable bonds is 3. The molecule has 6 heteroatoms. The zero-order valence-corrected chi connectivity index (χ0v) is 15.9. The quantitative estimate of drug-likeness (QED) is 0.873. The highest BCUT2D eigenvalue weighted by molar-refractivity contribution is 5.88. The van der Waals surface area contributed by atoms with Crippen LogP contribution in [0.25, 0.3) is 0 Å². The number of anilines is 2. The molecule has 0 bridgehead atoms. The van der Waals surface area contributed by atoms with Crippen LogP contribution in [0.3, 0.4) is 0 Å². The second-order valence-corrected chi connectivity index (χ2v) is 7.83. The van der Waals surface area contributed by atoms with Crippen molar-refractivity contribution in [3.05, 3.63) is 53.7 Å². The summed E-state index contributed by atoms with van der Waals surface area (Å²) in [5.74, 6) is 0.551. The summed E-state index contributed by atoms with van der Waals surface area (Å²) >= 11 is 0. The smallest absolute Gasteiger partial charge is 0.320 e. The fourth-order valence-electron chi connectivity index (χ4n) is 4.06. The van der Waals surface area contributed by atoms with E-state index in [-0.39, 0.29) is 17.5 Å². The van der Waals surface area contributed by atoms with Crippen LogP contribution in [0.1, 0.15) is 37.4 Å². The van der Waals surface area contributed by atoms with E-state index >= 15 is 0 Å². The van der Waals surface area contributed by atoms with Crippen molar-refractivity contribution in [2.75, 3.05) is 36.5 Å². The molecule has 1 atom stereocenters. The SMILES string of the molecule is CC1(C)CC(NC(=O)Nc2ccc(N3CCOCC3)cn2)c2ccccc21. The van der Waals surface area contributed by atoms with Gasteiger partial charge >= 0.3 is 6.03 Å². The Kier molecular flexibility index (Phi) is 4.74. The maximum Gasteiger partial charge on any atom is 0.320 e. The molecule has 1 saturated heterocycles. The van der Waals surface area contributed by atoms with Crippen LogP contribution in [-0.4, -0.2) is 37.3 Å². The molecule has 0 radical (unpaired) electrons. The Bertz CT molecular complexity index is 813. The lowest BCUT2D eigenvalue weighted by atomic mass is 9.86. The highest BCUT2D eigenvalue weighted by Gasteiger charge is 2.37. The number of benzene rings is 1. The number of carbonyl (C=O) groups excluding carboxylic acids is 1. The summed E-state index contributed by atoms with van der Waals surface area (Å²) in [6.07, 6.45) is 2.69. The van der Waals surface area contributed by atoms with Crippen LogP contribution in [0.5, 0.6) is 0 Å². The van der Waals surface area contributed by atoms with Crippen molar-refractivity contribution < 1.29 is 9.53 Å². The molecule has 0 spiro atoms. The van der Waals surface area contributed by atoms with Gasteiger partial charge in [-0.15, -0.1) is 0 Å². The first-order chi connectivity index (χ1) is 13.0. The van der Waals surface area contributed by atoms with E-state index < -0.39 is 0 Å². The van der Waals surface area contributed by atoms with Crippen molar-refractivity contribution >= 4 is 17.5 Å². The van der Waals surface area contributed by atoms with Gasteiger partial charge in [0.15, 0.2) is 0 Å². The zero-order valence-electron chi connectivity index (χ0n) is 15.9. The summed E-state index contributed by atoms with van der Waals surface area (Å²) in [6, 6.07) is 12.0. The predicted octanol–water partition coefficient (Wildman–Crippen LogP) is 3.46. The molecule has 142 valence electrons. The van der Waals surface area contributed by atoms with Gasteiger partial charge in [0.1, 0.15) is 5.82 Å². The number of fused-ring (bicyclic) bond motifs is 1. The van der Waals surface area contributed by atoms with Gasteiger partial charge in [-0.2, -0.15) is 0 Å². The number of aromatic nitrogens is 1. The van der Waals surface area contributed by atoms with Crippen LogP contribution in [-0.2, 0) is 10.2 Å². The Morgan fingerprint density at radius 2 is 1.96 bits per heavy atom. The number of urea groups is 1. The summed E-state index contributed by atoms with van der Waals surface area (Å²) in [4.78, 5) is 19.1. The van der Waals surface area contributed by atoms with E-state index in [2.05, 4.69) is 52.6 Å². The van der Waals surface area contributed by atoms with Crippen molar-refractivity contribution in [3.8, 4) is 0 Å². The second kappa shape index (κ2) is 7.19. The van der Waals surface area contributed by atoms with Crippen molar-refractivity contribution in [2.24, 2.45) is 0 Å². The Morgan fingerprint density at radius 3 is 2.70 bits per heavy atom. The van der Waals surface area contributed by atoms with Crippen molar-refractivity contribution in [1.82, 2.24) is 10.3 Å². The summed E-state index contributed by atoms with van der Waals surface area (Å²) < 4.78 is 5.37. The lowest BCUT2D eigenvalue weighted by Crippen LogP contribution is -2.36. The average molecular weight is 366 g/mol. The lowest BCUT2D eigenvalue weighted by Gasteiger charge is -2.28. The maximum absolute atomic E-state index is 12.5. The van der Waals surface area contributed by atoms with Crippen LogP contribution in [0.4, 0.5) is 16.3 Å². The molecule has 2 aromatic rings. The second-order valence-electron chi connectivity index (χ2n) is 7.83. The number of nitrogens with zero attached hydrogens (tertiary/aromatic N) is 2. The predicted molar refractivity (Wildman–Crippen MR) is 106 cm³/mol. The Hall–Kier alpha value is -2.60. The van der Waals surface area contributed by atoms with E-state index in [4.69, 9.17) is 4.74 Å². The number of ether oxygens (including phenoxy) is 1. The van der Waals surface area contributed by atoms with Gasteiger partial charge in [-0.1, -0.05) is 38.1 Å². The molecule has 4 rings (SSSR count). The number of carbonyl (C=O) groups is 1.